The minimum atomic E-state index is -0.497. The molecule has 1 aromatic carbocycles. The first kappa shape index (κ1) is 13.4. The third kappa shape index (κ3) is 2.30. The molecule has 0 aliphatic carbocycles. The van der Waals surface area contributed by atoms with Gasteiger partial charge in [-0.3, -0.25) is 15.1 Å². The molecule has 104 valence electrons. The lowest BCUT2D eigenvalue weighted by molar-refractivity contribution is -0.385. The van der Waals surface area contributed by atoms with Crippen LogP contribution < -0.4 is 0 Å². The van der Waals surface area contributed by atoms with Crippen LogP contribution >= 0.6 is 11.6 Å². The predicted octanol–water partition coefficient (Wildman–Crippen LogP) is 3.56. The molecule has 2 heterocycles. The number of nitro groups is 1. The smallest absolute Gasteiger partial charge is 0.263 e. The zero-order valence-electron chi connectivity index (χ0n) is 10.9. The van der Waals surface area contributed by atoms with E-state index in [4.69, 9.17) is 11.6 Å². The topological polar surface area (TPSA) is 81.8 Å². The summed E-state index contributed by atoms with van der Waals surface area (Å²) in [5, 5.41) is 13.0. The highest BCUT2D eigenvalue weighted by Gasteiger charge is 2.24. The molecule has 7 heteroatoms. The van der Waals surface area contributed by atoms with Crippen molar-refractivity contribution in [1.82, 2.24) is 15.0 Å². The van der Waals surface area contributed by atoms with Crippen molar-refractivity contribution in [3.8, 4) is 11.3 Å². The van der Waals surface area contributed by atoms with E-state index in [-0.39, 0.29) is 22.4 Å². The van der Waals surface area contributed by atoms with Gasteiger partial charge in [0.15, 0.2) is 5.69 Å². The minimum absolute atomic E-state index is 0.0268. The van der Waals surface area contributed by atoms with Crippen molar-refractivity contribution < 1.29 is 4.92 Å². The fourth-order valence-corrected chi connectivity index (χ4v) is 2.46. The van der Waals surface area contributed by atoms with Gasteiger partial charge in [0.2, 0.25) is 5.28 Å². The average molecular weight is 301 g/mol. The van der Waals surface area contributed by atoms with Crippen LogP contribution in [-0.4, -0.2) is 19.9 Å². The van der Waals surface area contributed by atoms with Gasteiger partial charge in [-0.1, -0.05) is 24.3 Å². The van der Waals surface area contributed by atoms with Crippen molar-refractivity contribution in [1.29, 1.82) is 0 Å². The number of halogens is 1. The molecule has 3 aromatic rings. The zero-order chi connectivity index (χ0) is 15.0. The van der Waals surface area contributed by atoms with Crippen molar-refractivity contribution in [2.24, 2.45) is 0 Å². The molecule has 0 fully saturated rings. The highest BCUT2D eigenvalue weighted by atomic mass is 35.5. The van der Waals surface area contributed by atoms with E-state index < -0.39 is 4.92 Å². The van der Waals surface area contributed by atoms with Crippen molar-refractivity contribution in [3.63, 3.8) is 0 Å². The summed E-state index contributed by atoms with van der Waals surface area (Å²) in [6, 6.07) is 7.47. The molecule has 0 radical (unpaired) electrons. The first-order valence-corrected chi connectivity index (χ1v) is 6.47. The van der Waals surface area contributed by atoms with Crippen LogP contribution in [0.25, 0.3) is 22.0 Å². The molecule has 0 unspecified atom stereocenters. The maximum absolute atomic E-state index is 11.3. The van der Waals surface area contributed by atoms with Gasteiger partial charge in [-0.25, -0.2) is 9.97 Å². The van der Waals surface area contributed by atoms with Gasteiger partial charge in [0.05, 0.1) is 4.92 Å². The van der Waals surface area contributed by atoms with Gasteiger partial charge in [0.25, 0.3) is 0 Å². The summed E-state index contributed by atoms with van der Waals surface area (Å²) in [6.07, 6.45) is 3.24. The van der Waals surface area contributed by atoms with Gasteiger partial charge < -0.3 is 0 Å². The quantitative estimate of drug-likeness (QED) is 0.410. The molecule has 0 bridgehead atoms. The summed E-state index contributed by atoms with van der Waals surface area (Å²) in [6.45, 7) is 1.54. The SMILES string of the molecule is Cc1nc(Cl)nc(-c2cncc3ccccc23)c1[N+](=O)[O-]. The molecule has 21 heavy (non-hydrogen) atoms. The summed E-state index contributed by atoms with van der Waals surface area (Å²) in [4.78, 5) is 22.9. The van der Waals surface area contributed by atoms with Crippen LogP contribution in [0.2, 0.25) is 5.28 Å². The van der Waals surface area contributed by atoms with E-state index in [2.05, 4.69) is 15.0 Å². The molecule has 6 nitrogen and oxygen atoms in total. The summed E-state index contributed by atoms with van der Waals surface area (Å²) < 4.78 is 0. The number of hydrogen-bond donors (Lipinski definition) is 0. The number of aromatic nitrogens is 3. The Hall–Kier alpha value is -2.60. The molecule has 0 atom stereocenters. The Morgan fingerprint density at radius 3 is 2.71 bits per heavy atom. The monoisotopic (exact) mass is 300 g/mol. The van der Waals surface area contributed by atoms with Crippen molar-refractivity contribution >= 4 is 28.1 Å². The molecular formula is C14H9ClN4O2. The fraction of sp³-hybridized carbons (Fsp3) is 0.0714. The second kappa shape index (κ2) is 5.06. The van der Waals surface area contributed by atoms with Crippen LogP contribution in [0.3, 0.4) is 0 Å². The van der Waals surface area contributed by atoms with E-state index in [1.54, 1.807) is 12.4 Å². The van der Waals surface area contributed by atoms with Crippen LogP contribution in [-0.2, 0) is 0 Å². The van der Waals surface area contributed by atoms with Gasteiger partial charge in [-0.2, -0.15) is 0 Å². The lowest BCUT2D eigenvalue weighted by Gasteiger charge is -2.07. The van der Waals surface area contributed by atoms with Gasteiger partial charge >= 0.3 is 5.69 Å². The van der Waals surface area contributed by atoms with E-state index in [9.17, 15) is 10.1 Å². The summed E-state index contributed by atoms with van der Waals surface area (Å²) >= 11 is 5.86. The van der Waals surface area contributed by atoms with E-state index in [0.29, 0.717) is 5.56 Å². The fourth-order valence-electron chi connectivity index (χ4n) is 2.24. The van der Waals surface area contributed by atoms with Gasteiger partial charge in [-0.05, 0) is 23.9 Å². The minimum Gasteiger partial charge on any atom is -0.263 e. The number of rotatable bonds is 2. The van der Waals surface area contributed by atoms with E-state index in [1.807, 2.05) is 24.3 Å². The number of hydrogen-bond acceptors (Lipinski definition) is 5. The van der Waals surface area contributed by atoms with Crippen LogP contribution in [0.15, 0.2) is 36.7 Å². The van der Waals surface area contributed by atoms with Crippen LogP contribution in [0, 0.1) is 17.0 Å². The summed E-state index contributed by atoms with van der Waals surface area (Å²) in [5.41, 5.74) is 0.814. The maximum Gasteiger partial charge on any atom is 0.316 e. The molecule has 0 N–H and O–H groups in total. The molecule has 0 amide bonds. The third-order valence-electron chi connectivity index (χ3n) is 3.14. The van der Waals surface area contributed by atoms with Crippen molar-refractivity contribution in [3.05, 3.63) is 57.8 Å². The van der Waals surface area contributed by atoms with Gasteiger partial charge in [-0.15, -0.1) is 0 Å². The number of aryl methyl sites for hydroxylation is 1. The molecule has 0 saturated carbocycles. The molecule has 0 spiro atoms. The second-order valence-corrected chi connectivity index (χ2v) is 4.78. The number of nitrogens with zero attached hydrogens (tertiary/aromatic N) is 4. The van der Waals surface area contributed by atoms with Crippen LogP contribution in [0.4, 0.5) is 5.69 Å². The standard InChI is InChI=1S/C14H9ClN4O2/c1-8-13(19(20)21)12(18-14(15)17-8)11-7-16-6-9-4-2-3-5-10(9)11/h2-7H,1H3. The molecule has 0 saturated heterocycles. The number of fused-ring (bicyclic) bond motifs is 1. The predicted molar refractivity (Wildman–Crippen MR) is 79.2 cm³/mol. The molecule has 0 aliphatic heterocycles. The Kier molecular flexibility index (Phi) is 3.23. The van der Waals surface area contributed by atoms with Crippen LogP contribution in [0.5, 0.6) is 0 Å². The molecule has 2 aromatic heterocycles. The van der Waals surface area contributed by atoms with Gasteiger partial charge in [0.1, 0.15) is 5.69 Å². The van der Waals surface area contributed by atoms with E-state index in [1.165, 1.54) is 6.92 Å². The first-order valence-electron chi connectivity index (χ1n) is 6.09. The number of benzene rings is 1. The lowest BCUT2D eigenvalue weighted by Crippen LogP contribution is -2.01. The molecule has 3 rings (SSSR count). The summed E-state index contributed by atoms with van der Waals surface area (Å²) in [5.74, 6) is 0. The highest BCUT2D eigenvalue weighted by Crippen LogP contribution is 2.34. The Balaban J connectivity index is 2.41. The maximum atomic E-state index is 11.3. The van der Waals surface area contributed by atoms with Crippen molar-refractivity contribution in [2.75, 3.05) is 0 Å². The molecule has 0 aliphatic rings. The highest BCUT2D eigenvalue weighted by molar-refractivity contribution is 6.28. The average Bonchev–Trinajstić information content (AvgIpc) is 2.45. The third-order valence-corrected chi connectivity index (χ3v) is 3.31. The zero-order valence-corrected chi connectivity index (χ0v) is 11.7. The van der Waals surface area contributed by atoms with E-state index in [0.717, 1.165) is 10.8 Å². The van der Waals surface area contributed by atoms with E-state index >= 15 is 0 Å². The molecular weight excluding hydrogens is 292 g/mol. The lowest BCUT2D eigenvalue weighted by atomic mass is 10.0. The first-order chi connectivity index (χ1) is 10.1. The van der Waals surface area contributed by atoms with Crippen LogP contribution in [0.1, 0.15) is 5.69 Å². The normalized spacial score (nSPS) is 10.8. The largest absolute Gasteiger partial charge is 0.316 e. The summed E-state index contributed by atoms with van der Waals surface area (Å²) in [7, 11) is 0. The Bertz CT molecular complexity index is 861. The Morgan fingerprint density at radius 2 is 1.95 bits per heavy atom. The Morgan fingerprint density at radius 1 is 1.19 bits per heavy atom. The Labute approximate surface area is 124 Å². The number of pyridine rings is 1. The van der Waals surface area contributed by atoms with Gasteiger partial charge in [0, 0.05) is 23.3 Å². The second-order valence-electron chi connectivity index (χ2n) is 4.44. The van der Waals surface area contributed by atoms with Crippen molar-refractivity contribution in [2.45, 2.75) is 6.92 Å².